The summed E-state index contributed by atoms with van der Waals surface area (Å²) in [5.74, 6) is -3.27. The van der Waals surface area contributed by atoms with E-state index in [-0.39, 0.29) is 24.2 Å². The van der Waals surface area contributed by atoms with E-state index >= 15 is 0 Å². The van der Waals surface area contributed by atoms with E-state index in [0.29, 0.717) is 0 Å². The molecule has 0 rings (SSSR count). The average molecular weight is 339 g/mol. The summed E-state index contributed by atoms with van der Waals surface area (Å²) in [6.45, 7) is 5.96. The van der Waals surface area contributed by atoms with Crippen molar-refractivity contribution in [2.24, 2.45) is 0 Å². The number of carbonyl (C=O) groups is 4. The maximum Gasteiger partial charge on any atom is 0.335 e. The number of nitrogens with one attached hydrogen (secondary N) is 1. The van der Waals surface area contributed by atoms with Crippen LogP contribution in [0.2, 0.25) is 0 Å². The first-order valence-corrected chi connectivity index (χ1v) is 7.01. The number of carbonyl (C=O) groups excluding carboxylic acids is 3. The molecule has 132 valence electrons. The Morgan fingerprint density at radius 2 is 1.88 bits per heavy atom. The van der Waals surface area contributed by atoms with Crippen molar-refractivity contribution in [3.63, 3.8) is 0 Å². The van der Waals surface area contributed by atoms with Gasteiger partial charge in [0.05, 0.1) is 12.7 Å². The first-order valence-electron chi connectivity index (χ1n) is 7.01. The molecule has 0 aliphatic carbocycles. The zero-order valence-corrected chi connectivity index (χ0v) is 13.8. The maximum atomic E-state index is 11.9. The van der Waals surface area contributed by atoms with E-state index in [1.807, 2.05) is 0 Å². The van der Waals surface area contributed by atoms with Gasteiger partial charge in [-0.05, 0) is 19.4 Å². The van der Waals surface area contributed by atoms with E-state index in [2.05, 4.69) is 16.6 Å². The molecular weight excluding hydrogens is 318 g/mol. The Morgan fingerprint density at radius 3 is 2.33 bits per heavy atom. The molecular formula is C16H21NO7. The number of carboxylic acid groups (broad SMARTS) is 1. The van der Waals surface area contributed by atoms with E-state index in [1.165, 1.54) is 32.1 Å². The van der Waals surface area contributed by atoms with E-state index in [4.69, 9.17) is 9.84 Å². The lowest BCUT2D eigenvalue weighted by atomic mass is 10.1. The molecule has 0 aromatic rings. The third-order valence-corrected chi connectivity index (χ3v) is 2.80. The van der Waals surface area contributed by atoms with Crippen molar-refractivity contribution in [3.05, 3.63) is 36.1 Å². The predicted octanol–water partition coefficient (Wildman–Crippen LogP) is 1.09. The Hall–Kier alpha value is -2.90. The fourth-order valence-corrected chi connectivity index (χ4v) is 1.57. The normalized spacial score (nSPS) is 12.8. The minimum atomic E-state index is -1.24. The number of methoxy groups -OCH3 is 1. The van der Waals surface area contributed by atoms with Gasteiger partial charge in [0.1, 0.15) is 11.8 Å². The molecule has 0 aromatic carbocycles. The van der Waals surface area contributed by atoms with Crippen LogP contribution in [0.25, 0.3) is 0 Å². The molecule has 8 heteroatoms. The highest BCUT2D eigenvalue weighted by Crippen LogP contribution is 2.11. The number of ether oxygens (including phenoxy) is 2. The molecule has 0 saturated carbocycles. The summed E-state index contributed by atoms with van der Waals surface area (Å²) in [6.07, 6.45) is 3.84. The molecule has 0 aromatic heterocycles. The second-order valence-corrected chi connectivity index (χ2v) is 4.68. The van der Waals surface area contributed by atoms with Crippen molar-refractivity contribution in [1.82, 2.24) is 5.32 Å². The Labute approximate surface area is 139 Å². The first-order chi connectivity index (χ1) is 11.2. The number of carboxylic acids is 1. The van der Waals surface area contributed by atoms with E-state index in [0.717, 1.165) is 7.11 Å². The molecule has 1 unspecified atom stereocenters. The van der Waals surface area contributed by atoms with Crippen LogP contribution in [0.4, 0.5) is 0 Å². The van der Waals surface area contributed by atoms with Crippen LogP contribution in [0.5, 0.6) is 0 Å². The molecule has 8 nitrogen and oxygen atoms in total. The smallest absolute Gasteiger partial charge is 0.335 e. The van der Waals surface area contributed by atoms with Gasteiger partial charge in [-0.2, -0.15) is 0 Å². The molecule has 1 atom stereocenters. The summed E-state index contributed by atoms with van der Waals surface area (Å²) in [4.78, 5) is 45.4. The lowest BCUT2D eigenvalue weighted by molar-refractivity contribution is -0.146. The van der Waals surface area contributed by atoms with Gasteiger partial charge in [0, 0.05) is 13.3 Å². The monoisotopic (exact) mass is 339 g/mol. The Bertz CT molecular complexity index is 575. The maximum absolute atomic E-state index is 11.9. The standard InChI is InChI=1S/C16H21NO7/c1-5-6-7-13(10(2)15(20)21)24-14(19)9-8-12(16(22)23-4)17-11(3)18/h5-7,12H,1,8-9H2,2-4H3,(H,17,18)(H,20,21). The molecule has 0 aliphatic heterocycles. The van der Waals surface area contributed by atoms with Crippen LogP contribution < -0.4 is 5.32 Å². The number of aliphatic carboxylic acids is 1. The highest BCUT2D eigenvalue weighted by Gasteiger charge is 2.22. The van der Waals surface area contributed by atoms with Crippen LogP contribution in [-0.2, 0) is 28.7 Å². The summed E-state index contributed by atoms with van der Waals surface area (Å²) < 4.78 is 9.54. The van der Waals surface area contributed by atoms with Gasteiger partial charge >= 0.3 is 17.9 Å². The van der Waals surface area contributed by atoms with Gasteiger partial charge in [-0.3, -0.25) is 9.59 Å². The first kappa shape index (κ1) is 21.1. The zero-order chi connectivity index (χ0) is 18.7. The highest BCUT2D eigenvalue weighted by atomic mass is 16.5. The summed E-state index contributed by atoms with van der Waals surface area (Å²) in [6, 6.07) is -0.989. The average Bonchev–Trinajstić information content (AvgIpc) is 2.53. The van der Waals surface area contributed by atoms with Gasteiger partial charge in [0.15, 0.2) is 0 Å². The topological polar surface area (TPSA) is 119 Å². The number of hydrogen-bond acceptors (Lipinski definition) is 6. The fraction of sp³-hybridized carbons (Fsp3) is 0.375. The van der Waals surface area contributed by atoms with Crippen molar-refractivity contribution in [2.75, 3.05) is 7.11 Å². The molecule has 0 aliphatic rings. The lowest BCUT2D eigenvalue weighted by Crippen LogP contribution is -2.40. The zero-order valence-electron chi connectivity index (χ0n) is 13.8. The molecule has 2 N–H and O–H groups in total. The highest BCUT2D eigenvalue weighted by molar-refractivity contribution is 5.88. The number of hydrogen-bond donors (Lipinski definition) is 2. The molecule has 24 heavy (non-hydrogen) atoms. The SMILES string of the molecule is C=CC=CC(OC(=O)CCC(NC(C)=O)C(=O)OC)=C(C)C(=O)O. The summed E-state index contributed by atoms with van der Waals surface area (Å²) >= 11 is 0. The fourth-order valence-electron chi connectivity index (χ4n) is 1.57. The molecule has 0 bridgehead atoms. The van der Waals surface area contributed by atoms with Crippen molar-refractivity contribution >= 4 is 23.8 Å². The van der Waals surface area contributed by atoms with Gasteiger partial charge in [-0.15, -0.1) is 0 Å². The Kier molecular flexibility index (Phi) is 9.46. The van der Waals surface area contributed by atoms with Crippen LogP contribution in [0.1, 0.15) is 26.7 Å². The number of allylic oxidation sites excluding steroid dienone is 3. The second-order valence-electron chi connectivity index (χ2n) is 4.68. The van der Waals surface area contributed by atoms with Gasteiger partial charge in [0.2, 0.25) is 5.91 Å². The lowest BCUT2D eigenvalue weighted by Gasteiger charge is -2.15. The number of amides is 1. The van der Waals surface area contributed by atoms with E-state index < -0.39 is 29.9 Å². The van der Waals surface area contributed by atoms with Gasteiger partial charge in [-0.1, -0.05) is 18.7 Å². The van der Waals surface area contributed by atoms with E-state index in [9.17, 15) is 19.2 Å². The van der Waals surface area contributed by atoms with Crippen molar-refractivity contribution in [3.8, 4) is 0 Å². The van der Waals surface area contributed by atoms with Crippen LogP contribution >= 0.6 is 0 Å². The Morgan fingerprint density at radius 1 is 1.25 bits per heavy atom. The predicted molar refractivity (Wildman–Crippen MR) is 84.6 cm³/mol. The number of esters is 2. The van der Waals surface area contributed by atoms with Crippen molar-refractivity contribution in [1.29, 1.82) is 0 Å². The molecule has 0 fully saturated rings. The molecule has 0 radical (unpaired) electrons. The summed E-state index contributed by atoms with van der Waals surface area (Å²) in [5.41, 5.74) is -0.159. The Balaban J connectivity index is 4.95. The molecule has 1 amide bonds. The van der Waals surface area contributed by atoms with Gasteiger partial charge in [-0.25, -0.2) is 9.59 Å². The van der Waals surface area contributed by atoms with Gasteiger partial charge in [0.25, 0.3) is 0 Å². The summed E-state index contributed by atoms with van der Waals surface area (Å²) in [7, 11) is 1.16. The van der Waals surface area contributed by atoms with Crippen LogP contribution in [0, 0.1) is 0 Å². The third kappa shape index (κ3) is 7.92. The van der Waals surface area contributed by atoms with Crippen LogP contribution in [-0.4, -0.2) is 42.1 Å². The van der Waals surface area contributed by atoms with Crippen LogP contribution in [0.3, 0.4) is 0 Å². The van der Waals surface area contributed by atoms with Crippen molar-refractivity contribution in [2.45, 2.75) is 32.7 Å². The molecule has 0 saturated heterocycles. The largest absolute Gasteiger partial charge is 0.478 e. The second kappa shape index (κ2) is 10.8. The minimum absolute atomic E-state index is 0.0460. The van der Waals surface area contributed by atoms with Gasteiger partial charge < -0.3 is 19.9 Å². The number of rotatable bonds is 9. The minimum Gasteiger partial charge on any atom is -0.478 e. The van der Waals surface area contributed by atoms with E-state index in [1.54, 1.807) is 0 Å². The quantitative estimate of drug-likeness (QED) is 0.279. The summed E-state index contributed by atoms with van der Waals surface area (Å²) in [5, 5.41) is 11.3. The van der Waals surface area contributed by atoms with Crippen molar-refractivity contribution < 1.29 is 33.8 Å². The molecule has 0 heterocycles. The molecule has 0 spiro atoms. The van der Waals surface area contributed by atoms with Crippen LogP contribution in [0.15, 0.2) is 36.1 Å². The third-order valence-electron chi connectivity index (χ3n) is 2.80.